The van der Waals surface area contributed by atoms with Crippen LogP contribution in [0.2, 0.25) is 5.15 Å². The summed E-state index contributed by atoms with van der Waals surface area (Å²) in [6.45, 7) is 0.311. The highest BCUT2D eigenvalue weighted by atomic mass is 35.5. The van der Waals surface area contributed by atoms with Crippen molar-refractivity contribution in [2.45, 2.75) is 0 Å². The number of nitrogens with zero attached hydrogens (tertiary/aromatic N) is 1. The molecule has 17 heavy (non-hydrogen) atoms. The van der Waals surface area contributed by atoms with Gasteiger partial charge < -0.3 is 5.32 Å². The van der Waals surface area contributed by atoms with Gasteiger partial charge in [0.15, 0.2) is 0 Å². The molecule has 6 nitrogen and oxygen atoms in total. The van der Waals surface area contributed by atoms with Crippen molar-refractivity contribution in [3.05, 3.63) is 29.0 Å². The van der Waals surface area contributed by atoms with Gasteiger partial charge in [-0.2, -0.15) is 0 Å². The van der Waals surface area contributed by atoms with Crippen LogP contribution in [0.3, 0.4) is 0 Å². The second-order valence-corrected chi connectivity index (χ2v) is 5.49. The Hall–Kier alpha value is -1.18. The van der Waals surface area contributed by atoms with E-state index in [9.17, 15) is 13.2 Å². The fraction of sp³-hybridized carbons (Fsp3) is 0.333. The molecule has 1 aromatic rings. The van der Waals surface area contributed by atoms with Gasteiger partial charge in [0.1, 0.15) is 10.8 Å². The van der Waals surface area contributed by atoms with Crippen molar-refractivity contribution in [2.24, 2.45) is 0 Å². The second kappa shape index (κ2) is 5.95. The van der Waals surface area contributed by atoms with Crippen LogP contribution in [0.15, 0.2) is 18.2 Å². The van der Waals surface area contributed by atoms with Crippen LogP contribution in [-0.4, -0.2) is 38.7 Å². The van der Waals surface area contributed by atoms with E-state index in [1.807, 2.05) is 0 Å². The SMILES string of the molecule is CS(=O)(=O)NCCNC(=O)c1cccc(Cl)n1. The summed E-state index contributed by atoms with van der Waals surface area (Å²) in [4.78, 5) is 15.3. The lowest BCUT2D eigenvalue weighted by Crippen LogP contribution is -2.34. The van der Waals surface area contributed by atoms with Crippen LogP contribution in [-0.2, 0) is 10.0 Å². The number of halogens is 1. The maximum Gasteiger partial charge on any atom is 0.269 e. The predicted molar refractivity (Wildman–Crippen MR) is 64.4 cm³/mol. The molecule has 8 heteroatoms. The van der Waals surface area contributed by atoms with Crippen LogP contribution in [0.5, 0.6) is 0 Å². The standard InChI is InChI=1S/C9H12ClN3O3S/c1-17(15,16)12-6-5-11-9(14)7-3-2-4-8(10)13-7/h2-4,12H,5-6H2,1H3,(H,11,14). The van der Waals surface area contributed by atoms with Crippen molar-refractivity contribution < 1.29 is 13.2 Å². The molecule has 0 spiro atoms. The van der Waals surface area contributed by atoms with Crippen LogP contribution >= 0.6 is 11.6 Å². The van der Waals surface area contributed by atoms with Crippen molar-refractivity contribution in [1.29, 1.82) is 0 Å². The number of amides is 1. The lowest BCUT2D eigenvalue weighted by molar-refractivity contribution is 0.0949. The van der Waals surface area contributed by atoms with Gasteiger partial charge in [-0.3, -0.25) is 4.79 Å². The molecule has 0 radical (unpaired) electrons. The summed E-state index contributed by atoms with van der Waals surface area (Å²) in [6.07, 6.45) is 1.05. The third-order valence-electron chi connectivity index (χ3n) is 1.72. The molecule has 94 valence electrons. The van der Waals surface area contributed by atoms with Gasteiger partial charge in [0.05, 0.1) is 6.26 Å². The van der Waals surface area contributed by atoms with Crippen molar-refractivity contribution in [3.63, 3.8) is 0 Å². The first-order chi connectivity index (χ1) is 7.88. The number of sulfonamides is 1. The summed E-state index contributed by atoms with van der Waals surface area (Å²) >= 11 is 5.63. The van der Waals surface area contributed by atoms with E-state index in [-0.39, 0.29) is 23.9 Å². The van der Waals surface area contributed by atoms with Gasteiger partial charge in [-0.15, -0.1) is 0 Å². The number of hydrogen-bond acceptors (Lipinski definition) is 4. The Labute approximate surface area is 104 Å². The minimum atomic E-state index is -3.23. The summed E-state index contributed by atoms with van der Waals surface area (Å²) in [5.74, 6) is -0.400. The van der Waals surface area contributed by atoms with Crippen molar-refractivity contribution >= 4 is 27.5 Å². The Morgan fingerprint density at radius 2 is 2.12 bits per heavy atom. The summed E-state index contributed by atoms with van der Waals surface area (Å²) in [6, 6.07) is 4.69. The number of pyridine rings is 1. The fourth-order valence-corrected chi connectivity index (χ4v) is 1.67. The molecule has 1 amide bonds. The number of nitrogens with one attached hydrogen (secondary N) is 2. The molecule has 0 saturated carbocycles. The normalized spacial score (nSPS) is 11.2. The molecule has 0 unspecified atom stereocenters. The topological polar surface area (TPSA) is 88.2 Å². The van der Waals surface area contributed by atoms with Gasteiger partial charge in [-0.1, -0.05) is 17.7 Å². The monoisotopic (exact) mass is 277 g/mol. The van der Waals surface area contributed by atoms with E-state index >= 15 is 0 Å². The predicted octanol–water partition coefficient (Wildman–Crippen LogP) is 0.0140. The minimum Gasteiger partial charge on any atom is -0.349 e. The largest absolute Gasteiger partial charge is 0.349 e. The molecule has 0 aliphatic heterocycles. The Kier molecular flexibility index (Phi) is 4.86. The number of carbonyl (C=O) groups excluding carboxylic acids is 1. The van der Waals surface area contributed by atoms with E-state index in [1.165, 1.54) is 6.07 Å². The third kappa shape index (κ3) is 5.62. The van der Waals surface area contributed by atoms with E-state index in [0.717, 1.165) is 6.26 Å². The Bertz CT molecular complexity index is 504. The molecular weight excluding hydrogens is 266 g/mol. The lowest BCUT2D eigenvalue weighted by Gasteiger charge is -2.05. The molecule has 1 rings (SSSR count). The van der Waals surface area contributed by atoms with Crippen molar-refractivity contribution in [2.75, 3.05) is 19.3 Å². The molecule has 2 N–H and O–H groups in total. The molecule has 0 fully saturated rings. The Balaban J connectivity index is 2.41. The van der Waals surface area contributed by atoms with Crippen LogP contribution in [0.4, 0.5) is 0 Å². The van der Waals surface area contributed by atoms with E-state index in [2.05, 4.69) is 15.0 Å². The lowest BCUT2D eigenvalue weighted by atomic mass is 10.3. The van der Waals surface area contributed by atoms with E-state index in [0.29, 0.717) is 0 Å². The van der Waals surface area contributed by atoms with Gasteiger partial charge in [0.2, 0.25) is 10.0 Å². The van der Waals surface area contributed by atoms with Crippen molar-refractivity contribution in [3.8, 4) is 0 Å². The van der Waals surface area contributed by atoms with Gasteiger partial charge in [-0.05, 0) is 12.1 Å². The summed E-state index contributed by atoms with van der Waals surface area (Å²) in [5, 5.41) is 2.74. The van der Waals surface area contributed by atoms with E-state index < -0.39 is 15.9 Å². The highest BCUT2D eigenvalue weighted by molar-refractivity contribution is 7.88. The quantitative estimate of drug-likeness (QED) is 0.586. The zero-order valence-electron chi connectivity index (χ0n) is 9.10. The van der Waals surface area contributed by atoms with Crippen molar-refractivity contribution in [1.82, 2.24) is 15.0 Å². The average molecular weight is 278 g/mol. The first kappa shape index (κ1) is 13.9. The number of hydrogen-bond donors (Lipinski definition) is 2. The highest BCUT2D eigenvalue weighted by Gasteiger charge is 2.07. The fourth-order valence-electron chi connectivity index (χ4n) is 1.04. The summed E-state index contributed by atoms with van der Waals surface area (Å²) in [7, 11) is -3.23. The highest BCUT2D eigenvalue weighted by Crippen LogP contribution is 2.04. The number of rotatable bonds is 5. The van der Waals surface area contributed by atoms with E-state index in [1.54, 1.807) is 12.1 Å². The van der Waals surface area contributed by atoms with Gasteiger partial charge in [0, 0.05) is 13.1 Å². The molecule has 1 aromatic heterocycles. The van der Waals surface area contributed by atoms with Crippen LogP contribution < -0.4 is 10.0 Å². The summed E-state index contributed by atoms with van der Waals surface area (Å²) in [5.41, 5.74) is 0.192. The molecular formula is C9H12ClN3O3S. The number of aromatic nitrogens is 1. The zero-order chi connectivity index (χ0) is 12.9. The van der Waals surface area contributed by atoms with Crippen LogP contribution in [0, 0.1) is 0 Å². The number of carbonyl (C=O) groups is 1. The van der Waals surface area contributed by atoms with E-state index in [4.69, 9.17) is 11.6 Å². The Morgan fingerprint density at radius 3 is 2.71 bits per heavy atom. The maximum atomic E-state index is 11.5. The first-order valence-electron chi connectivity index (χ1n) is 4.74. The van der Waals surface area contributed by atoms with Crippen LogP contribution in [0.25, 0.3) is 0 Å². The van der Waals surface area contributed by atoms with Gasteiger partial charge >= 0.3 is 0 Å². The maximum absolute atomic E-state index is 11.5. The molecule has 0 saturated heterocycles. The van der Waals surface area contributed by atoms with Gasteiger partial charge in [-0.25, -0.2) is 18.1 Å². The third-order valence-corrected chi connectivity index (χ3v) is 2.66. The average Bonchev–Trinajstić information content (AvgIpc) is 2.23. The summed E-state index contributed by atoms with van der Waals surface area (Å²) < 4.78 is 23.7. The Morgan fingerprint density at radius 1 is 1.41 bits per heavy atom. The van der Waals surface area contributed by atoms with Crippen LogP contribution in [0.1, 0.15) is 10.5 Å². The zero-order valence-corrected chi connectivity index (χ0v) is 10.7. The second-order valence-electron chi connectivity index (χ2n) is 3.27. The molecule has 0 atom stereocenters. The molecule has 0 aliphatic carbocycles. The smallest absolute Gasteiger partial charge is 0.269 e. The minimum absolute atomic E-state index is 0.130. The molecule has 1 heterocycles. The molecule has 0 aromatic carbocycles. The molecule has 0 bridgehead atoms. The first-order valence-corrected chi connectivity index (χ1v) is 7.01. The van der Waals surface area contributed by atoms with Gasteiger partial charge in [0.25, 0.3) is 5.91 Å². The molecule has 0 aliphatic rings.